The predicted octanol–water partition coefficient (Wildman–Crippen LogP) is 4.35. The third-order valence-corrected chi connectivity index (χ3v) is 3.24. The van der Waals surface area contributed by atoms with Crippen LogP contribution in [-0.4, -0.2) is 0 Å². The van der Waals surface area contributed by atoms with E-state index in [4.69, 9.17) is 0 Å². The van der Waals surface area contributed by atoms with E-state index < -0.39 is 11.7 Å². The molecular weight excluding hydrogens is 257 g/mol. The van der Waals surface area contributed by atoms with Crippen molar-refractivity contribution in [2.75, 3.05) is 0 Å². The van der Waals surface area contributed by atoms with Crippen LogP contribution >= 0.6 is 15.9 Å². The highest BCUT2D eigenvalue weighted by molar-refractivity contribution is 9.10. The zero-order chi connectivity index (χ0) is 10.3. The quantitative estimate of drug-likeness (QED) is 0.708. The SMILES string of the molecule is FC(F)(F)c1cccc(C2CC2)c1Br. The van der Waals surface area contributed by atoms with Crippen molar-refractivity contribution >= 4 is 15.9 Å². The lowest BCUT2D eigenvalue weighted by Crippen LogP contribution is -2.06. The second-order valence-electron chi connectivity index (χ2n) is 3.48. The second-order valence-corrected chi connectivity index (χ2v) is 4.27. The maximum Gasteiger partial charge on any atom is 0.417 e. The van der Waals surface area contributed by atoms with Crippen molar-refractivity contribution in [3.63, 3.8) is 0 Å². The van der Waals surface area contributed by atoms with E-state index in [0.29, 0.717) is 5.92 Å². The molecule has 0 saturated heterocycles. The molecule has 1 aliphatic carbocycles. The Kier molecular flexibility index (Phi) is 2.33. The van der Waals surface area contributed by atoms with Crippen LogP contribution in [0.4, 0.5) is 13.2 Å². The van der Waals surface area contributed by atoms with Gasteiger partial charge in [0.1, 0.15) is 0 Å². The number of alkyl halides is 3. The first-order valence-electron chi connectivity index (χ1n) is 4.36. The van der Waals surface area contributed by atoms with Gasteiger partial charge >= 0.3 is 6.18 Å². The Morgan fingerprint density at radius 1 is 1.21 bits per heavy atom. The number of hydrogen-bond donors (Lipinski definition) is 0. The van der Waals surface area contributed by atoms with Crippen molar-refractivity contribution in [3.8, 4) is 0 Å². The van der Waals surface area contributed by atoms with Crippen molar-refractivity contribution < 1.29 is 13.2 Å². The van der Waals surface area contributed by atoms with E-state index in [1.54, 1.807) is 6.07 Å². The van der Waals surface area contributed by atoms with E-state index in [-0.39, 0.29) is 4.47 Å². The first-order chi connectivity index (χ1) is 6.50. The van der Waals surface area contributed by atoms with Gasteiger partial charge in [0, 0.05) is 4.47 Å². The number of benzene rings is 1. The van der Waals surface area contributed by atoms with Gasteiger partial charge in [-0.1, -0.05) is 12.1 Å². The molecule has 0 amide bonds. The largest absolute Gasteiger partial charge is 0.417 e. The van der Waals surface area contributed by atoms with Crippen molar-refractivity contribution in [2.45, 2.75) is 24.9 Å². The normalized spacial score (nSPS) is 17.1. The summed E-state index contributed by atoms with van der Waals surface area (Å²) in [7, 11) is 0. The lowest BCUT2D eigenvalue weighted by atomic mass is 10.1. The molecule has 0 bridgehead atoms. The van der Waals surface area contributed by atoms with Gasteiger partial charge in [-0.25, -0.2) is 0 Å². The molecule has 0 atom stereocenters. The highest BCUT2D eigenvalue weighted by Crippen LogP contribution is 2.46. The first kappa shape index (κ1) is 10.0. The molecule has 76 valence electrons. The Morgan fingerprint density at radius 2 is 1.86 bits per heavy atom. The summed E-state index contributed by atoms with van der Waals surface area (Å²) < 4.78 is 37.7. The number of hydrogen-bond acceptors (Lipinski definition) is 0. The predicted molar refractivity (Wildman–Crippen MR) is 51.1 cm³/mol. The van der Waals surface area contributed by atoms with Gasteiger partial charge in [0.05, 0.1) is 5.56 Å². The molecule has 0 radical (unpaired) electrons. The fourth-order valence-corrected chi connectivity index (χ4v) is 2.29. The van der Waals surface area contributed by atoms with Crippen LogP contribution in [0.15, 0.2) is 22.7 Å². The second kappa shape index (κ2) is 3.26. The Labute approximate surface area is 88.2 Å². The van der Waals surface area contributed by atoms with Crippen LogP contribution < -0.4 is 0 Å². The van der Waals surface area contributed by atoms with Crippen LogP contribution in [0, 0.1) is 0 Å². The van der Waals surface area contributed by atoms with E-state index >= 15 is 0 Å². The summed E-state index contributed by atoms with van der Waals surface area (Å²) in [4.78, 5) is 0. The Hall–Kier alpha value is -0.510. The molecule has 0 spiro atoms. The monoisotopic (exact) mass is 264 g/mol. The van der Waals surface area contributed by atoms with Crippen LogP contribution in [0.1, 0.15) is 29.9 Å². The van der Waals surface area contributed by atoms with Gasteiger partial charge in [-0.3, -0.25) is 0 Å². The molecule has 14 heavy (non-hydrogen) atoms. The summed E-state index contributed by atoms with van der Waals surface area (Å²) in [5.74, 6) is 0.326. The minimum absolute atomic E-state index is 0.218. The van der Waals surface area contributed by atoms with Crippen molar-refractivity contribution in [2.24, 2.45) is 0 Å². The summed E-state index contributed by atoms with van der Waals surface area (Å²) in [5.41, 5.74) is 0.224. The lowest BCUT2D eigenvalue weighted by molar-refractivity contribution is -0.138. The Balaban J connectivity index is 2.46. The molecule has 0 nitrogen and oxygen atoms in total. The van der Waals surface area contributed by atoms with Crippen LogP contribution in [0.2, 0.25) is 0 Å². The molecule has 2 rings (SSSR count). The molecule has 1 aliphatic rings. The maximum absolute atomic E-state index is 12.5. The fraction of sp³-hybridized carbons (Fsp3) is 0.400. The minimum Gasteiger partial charge on any atom is -0.166 e. The Bertz CT molecular complexity index is 353. The summed E-state index contributed by atoms with van der Waals surface area (Å²) in [6, 6.07) is 4.34. The first-order valence-corrected chi connectivity index (χ1v) is 5.15. The molecule has 1 fully saturated rings. The molecule has 1 aromatic rings. The summed E-state index contributed by atoms with van der Waals surface area (Å²) in [5, 5.41) is 0. The van der Waals surface area contributed by atoms with Crippen LogP contribution in [0.25, 0.3) is 0 Å². The van der Waals surface area contributed by atoms with Gasteiger partial charge < -0.3 is 0 Å². The molecule has 1 aromatic carbocycles. The van der Waals surface area contributed by atoms with E-state index in [0.717, 1.165) is 24.5 Å². The average Bonchev–Trinajstić information content (AvgIpc) is 2.85. The average molecular weight is 265 g/mol. The van der Waals surface area contributed by atoms with E-state index in [2.05, 4.69) is 15.9 Å². The van der Waals surface area contributed by atoms with E-state index in [9.17, 15) is 13.2 Å². The fourth-order valence-electron chi connectivity index (χ4n) is 1.48. The Morgan fingerprint density at radius 3 is 2.36 bits per heavy atom. The molecule has 0 aliphatic heterocycles. The zero-order valence-electron chi connectivity index (χ0n) is 7.24. The zero-order valence-corrected chi connectivity index (χ0v) is 8.82. The van der Waals surface area contributed by atoms with Gasteiger partial charge in [0.15, 0.2) is 0 Å². The third-order valence-electron chi connectivity index (χ3n) is 2.35. The van der Waals surface area contributed by atoms with Crippen LogP contribution in [0.5, 0.6) is 0 Å². The highest BCUT2D eigenvalue weighted by Gasteiger charge is 2.35. The molecule has 0 N–H and O–H groups in total. The van der Waals surface area contributed by atoms with E-state index in [1.165, 1.54) is 6.07 Å². The van der Waals surface area contributed by atoms with Crippen LogP contribution in [-0.2, 0) is 6.18 Å². The third kappa shape index (κ3) is 1.80. The van der Waals surface area contributed by atoms with Gasteiger partial charge in [0.25, 0.3) is 0 Å². The van der Waals surface area contributed by atoms with Crippen molar-refractivity contribution in [3.05, 3.63) is 33.8 Å². The van der Waals surface area contributed by atoms with E-state index in [1.807, 2.05) is 0 Å². The van der Waals surface area contributed by atoms with Crippen molar-refractivity contribution in [1.82, 2.24) is 0 Å². The van der Waals surface area contributed by atoms with Gasteiger partial charge in [0.2, 0.25) is 0 Å². The highest BCUT2D eigenvalue weighted by atomic mass is 79.9. The summed E-state index contributed by atoms with van der Waals surface area (Å²) in [6.07, 6.45) is -2.26. The van der Waals surface area contributed by atoms with Gasteiger partial charge in [-0.15, -0.1) is 0 Å². The molecule has 0 heterocycles. The van der Waals surface area contributed by atoms with Crippen molar-refractivity contribution in [1.29, 1.82) is 0 Å². The molecule has 0 unspecified atom stereocenters. The van der Waals surface area contributed by atoms with Gasteiger partial charge in [-0.05, 0) is 46.3 Å². The lowest BCUT2D eigenvalue weighted by Gasteiger charge is -2.11. The summed E-state index contributed by atoms with van der Waals surface area (Å²) >= 11 is 3.04. The smallest absolute Gasteiger partial charge is 0.166 e. The molecule has 1 saturated carbocycles. The van der Waals surface area contributed by atoms with Crippen LogP contribution in [0.3, 0.4) is 0 Å². The molecule has 4 heteroatoms. The number of halogens is 4. The molecular formula is C10H8BrF3. The van der Waals surface area contributed by atoms with Gasteiger partial charge in [-0.2, -0.15) is 13.2 Å². The standard InChI is InChI=1S/C10H8BrF3/c11-9-7(6-4-5-6)2-1-3-8(9)10(12,13)14/h1-3,6H,4-5H2. The topological polar surface area (TPSA) is 0 Å². The maximum atomic E-state index is 12.5. The minimum atomic E-state index is -4.26. The summed E-state index contributed by atoms with van der Waals surface area (Å²) in [6.45, 7) is 0. The molecule has 0 aromatic heterocycles. The number of rotatable bonds is 1.